The van der Waals surface area contributed by atoms with Gasteiger partial charge in [0.2, 0.25) is 0 Å². The van der Waals surface area contributed by atoms with E-state index in [0.29, 0.717) is 12.5 Å². The Morgan fingerprint density at radius 1 is 1.15 bits per heavy atom. The van der Waals surface area contributed by atoms with Gasteiger partial charge >= 0.3 is 5.97 Å². The van der Waals surface area contributed by atoms with Gasteiger partial charge in [-0.2, -0.15) is 0 Å². The van der Waals surface area contributed by atoms with E-state index in [4.69, 9.17) is 5.11 Å². The zero-order valence-corrected chi connectivity index (χ0v) is 12.2. The number of carboxylic acids is 1. The number of aliphatic carboxylic acids is 1. The second-order valence-electron chi connectivity index (χ2n) is 5.60. The molecule has 0 spiro atoms. The average molecular weight is 276 g/mol. The topological polar surface area (TPSA) is 43.8 Å². The van der Waals surface area contributed by atoms with Crippen LogP contribution in [0, 0.1) is 0 Å². The summed E-state index contributed by atoms with van der Waals surface area (Å²) in [7, 11) is 0. The summed E-state index contributed by atoms with van der Waals surface area (Å²) < 4.78 is 0. The third-order valence-corrected chi connectivity index (χ3v) is 4.01. The highest BCUT2D eigenvalue weighted by atomic mass is 16.4. The SMILES string of the molecule is CC(CN1CCN(CCC(=O)O)CC1)c1ccccc1. The van der Waals surface area contributed by atoms with E-state index in [1.165, 1.54) is 5.56 Å². The largest absolute Gasteiger partial charge is 0.481 e. The summed E-state index contributed by atoms with van der Waals surface area (Å²) in [5.74, 6) is -0.160. The van der Waals surface area contributed by atoms with Crippen LogP contribution in [0.25, 0.3) is 0 Å². The monoisotopic (exact) mass is 276 g/mol. The fourth-order valence-electron chi connectivity index (χ4n) is 2.72. The van der Waals surface area contributed by atoms with Crippen molar-refractivity contribution in [2.24, 2.45) is 0 Å². The lowest BCUT2D eigenvalue weighted by molar-refractivity contribution is -0.137. The molecule has 1 unspecified atom stereocenters. The maximum Gasteiger partial charge on any atom is 0.304 e. The van der Waals surface area contributed by atoms with Crippen LogP contribution in [0.1, 0.15) is 24.8 Å². The summed E-state index contributed by atoms with van der Waals surface area (Å²) in [6, 6.07) is 10.6. The van der Waals surface area contributed by atoms with Crippen LogP contribution in [0.3, 0.4) is 0 Å². The molecule has 1 atom stereocenters. The molecule has 0 radical (unpaired) electrons. The Morgan fingerprint density at radius 3 is 2.35 bits per heavy atom. The minimum absolute atomic E-state index is 0.250. The van der Waals surface area contributed by atoms with Gasteiger partial charge in [0.15, 0.2) is 0 Å². The van der Waals surface area contributed by atoms with Gasteiger partial charge in [-0.1, -0.05) is 37.3 Å². The van der Waals surface area contributed by atoms with Crippen molar-refractivity contribution in [2.75, 3.05) is 39.3 Å². The van der Waals surface area contributed by atoms with E-state index in [1.54, 1.807) is 0 Å². The zero-order chi connectivity index (χ0) is 14.4. The van der Waals surface area contributed by atoms with Crippen molar-refractivity contribution in [2.45, 2.75) is 19.3 Å². The third kappa shape index (κ3) is 4.62. The van der Waals surface area contributed by atoms with Crippen LogP contribution >= 0.6 is 0 Å². The number of carbonyl (C=O) groups is 1. The molecule has 0 amide bonds. The maximum atomic E-state index is 10.6. The van der Waals surface area contributed by atoms with Gasteiger partial charge in [0.1, 0.15) is 0 Å². The number of hydrogen-bond acceptors (Lipinski definition) is 3. The summed E-state index contributed by atoms with van der Waals surface area (Å²) in [5.41, 5.74) is 1.39. The summed E-state index contributed by atoms with van der Waals surface area (Å²) >= 11 is 0. The van der Waals surface area contributed by atoms with Crippen LogP contribution < -0.4 is 0 Å². The van der Waals surface area contributed by atoms with Gasteiger partial charge in [-0.15, -0.1) is 0 Å². The van der Waals surface area contributed by atoms with E-state index in [2.05, 4.69) is 47.1 Å². The molecule has 1 aromatic carbocycles. The van der Waals surface area contributed by atoms with E-state index in [-0.39, 0.29) is 6.42 Å². The fourth-order valence-corrected chi connectivity index (χ4v) is 2.72. The van der Waals surface area contributed by atoms with Gasteiger partial charge in [0.25, 0.3) is 0 Å². The van der Waals surface area contributed by atoms with Gasteiger partial charge in [-0.25, -0.2) is 0 Å². The average Bonchev–Trinajstić information content (AvgIpc) is 2.47. The molecule has 20 heavy (non-hydrogen) atoms. The molecular weight excluding hydrogens is 252 g/mol. The summed E-state index contributed by atoms with van der Waals surface area (Å²) in [6.07, 6.45) is 0.250. The molecule has 0 aromatic heterocycles. The molecule has 1 heterocycles. The van der Waals surface area contributed by atoms with Crippen molar-refractivity contribution < 1.29 is 9.90 Å². The Kier molecular flexibility index (Phi) is 5.56. The van der Waals surface area contributed by atoms with Crippen LogP contribution in [-0.4, -0.2) is 60.1 Å². The van der Waals surface area contributed by atoms with E-state index >= 15 is 0 Å². The number of benzene rings is 1. The molecule has 0 bridgehead atoms. The second kappa shape index (κ2) is 7.41. The number of piperazine rings is 1. The minimum atomic E-state index is -0.704. The lowest BCUT2D eigenvalue weighted by Gasteiger charge is -2.35. The Hall–Kier alpha value is -1.39. The van der Waals surface area contributed by atoms with Crippen molar-refractivity contribution >= 4 is 5.97 Å². The zero-order valence-electron chi connectivity index (χ0n) is 12.2. The lowest BCUT2D eigenvalue weighted by Crippen LogP contribution is -2.47. The summed E-state index contributed by atoms with van der Waals surface area (Å²) in [6.45, 7) is 8.07. The summed E-state index contributed by atoms with van der Waals surface area (Å²) in [4.78, 5) is 15.3. The maximum absolute atomic E-state index is 10.6. The van der Waals surface area contributed by atoms with Crippen LogP contribution in [0.2, 0.25) is 0 Å². The Bertz CT molecular complexity index is 414. The molecular formula is C16H24N2O2. The first-order chi connectivity index (χ1) is 9.65. The molecule has 4 heteroatoms. The summed E-state index contributed by atoms with van der Waals surface area (Å²) in [5, 5.41) is 8.70. The Morgan fingerprint density at radius 2 is 1.75 bits per heavy atom. The molecule has 110 valence electrons. The van der Waals surface area contributed by atoms with Gasteiger partial charge in [0, 0.05) is 39.3 Å². The highest BCUT2D eigenvalue weighted by molar-refractivity contribution is 5.66. The lowest BCUT2D eigenvalue weighted by atomic mass is 10.0. The van der Waals surface area contributed by atoms with Gasteiger partial charge in [-0.05, 0) is 11.5 Å². The number of rotatable bonds is 6. The molecule has 1 aliphatic heterocycles. The van der Waals surface area contributed by atoms with Crippen molar-refractivity contribution in [3.8, 4) is 0 Å². The first kappa shape index (κ1) is 15.0. The van der Waals surface area contributed by atoms with Crippen LogP contribution in [0.5, 0.6) is 0 Å². The number of carboxylic acid groups (broad SMARTS) is 1. The molecule has 1 N–H and O–H groups in total. The first-order valence-corrected chi connectivity index (χ1v) is 7.36. The van der Waals surface area contributed by atoms with Gasteiger partial charge in [0.05, 0.1) is 6.42 Å². The second-order valence-corrected chi connectivity index (χ2v) is 5.60. The van der Waals surface area contributed by atoms with Crippen LogP contribution in [-0.2, 0) is 4.79 Å². The fraction of sp³-hybridized carbons (Fsp3) is 0.562. The molecule has 0 aliphatic carbocycles. The molecule has 2 rings (SSSR count). The number of nitrogens with zero attached hydrogens (tertiary/aromatic N) is 2. The molecule has 0 saturated carbocycles. The van der Waals surface area contributed by atoms with Crippen molar-refractivity contribution in [1.82, 2.24) is 9.80 Å². The third-order valence-electron chi connectivity index (χ3n) is 4.01. The molecule has 1 saturated heterocycles. The highest BCUT2D eigenvalue weighted by Crippen LogP contribution is 2.17. The molecule has 1 fully saturated rings. The van der Waals surface area contributed by atoms with Crippen LogP contribution in [0.15, 0.2) is 30.3 Å². The van der Waals surface area contributed by atoms with Gasteiger partial charge in [-0.3, -0.25) is 4.79 Å². The standard InChI is InChI=1S/C16H24N2O2/c1-14(15-5-3-2-4-6-15)13-18-11-9-17(10-12-18)8-7-16(19)20/h2-6,14H,7-13H2,1H3,(H,19,20). The van der Waals surface area contributed by atoms with E-state index in [9.17, 15) is 4.79 Å². The van der Waals surface area contributed by atoms with Gasteiger partial charge < -0.3 is 14.9 Å². The normalized spacial score (nSPS) is 18.9. The van der Waals surface area contributed by atoms with Crippen molar-refractivity contribution in [3.63, 3.8) is 0 Å². The van der Waals surface area contributed by atoms with E-state index < -0.39 is 5.97 Å². The smallest absolute Gasteiger partial charge is 0.304 e. The van der Waals surface area contributed by atoms with E-state index in [1.807, 2.05) is 0 Å². The Labute approximate surface area is 121 Å². The highest BCUT2D eigenvalue weighted by Gasteiger charge is 2.19. The molecule has 4 nitrogen and oxygen atoms in total. The molecule has 1 aliphatic rings. The van der Waals surface area contributed by atoms with Crippen molar-refractivity contribution in [3.05, 3.63) is 35.9 Å². The quantitative estimate of drug-likeness (QED) is 0.861. The van der Waals surface area contributed by atoms with Crippen molar-refractivity contribution in [1.29, 1.82) is 0 Å². The first-order valence-electron chi connectivity index (χ1n) is 7.36. The van der Waals surface area contributed by atoms with Crippen LogP contribution in [0.4, 0.5) is 0 Å². The number of hydrogen-bond donors (Lipinski definition) is 1. The predicted octanol–water partition coefficient (Wildman–Crippen LogP) is 1.88. The predicted molar refractivity (Wildman–Crippen MR) is 80.0 cm³/mol. The Balaban J connectivity index is 1.73. The van der Waals surface area contributed by atoms with E-state index in [0.717, 1.165) is 32.7 Å². The molecule has 1 aromatic rings. The minimum Gasteiger partial charge on any atom is -0.481 e.